The molecule has 5 nitrogen and oxygen atoms in total. The van der Waals surface area contributed by atoms with Crippen LogP contribution in [0, 0.1) is 11.6 Å². The molecule has 0 aliphatic rings. The van der Waals surface area contributed by atoms with Crippen LogP contribution in [0.1, 0.15) is 37.1 Å². The van der Waals surface area contributed by atoms with E-state index in [0.717, 1.165) is 6.07 Å². The summed E-state index contributed by atoms with van der Waals surface area (Å²) in [7, 11) is 0. The second-order valence-corrected chi connectivity index (χ2v) is 5.88. The summed E-state index contributed by atoms with van der Waals surface area (Å²) < 4.78 is 27.2. The minimum absolute atomic E-state index is 0.276. The van der Waals surface area contributed by atoms with E-state index in [9.17, 15) is 18.4 Å². The maximum Gasteiger partial charge on any atom is 0.321 e. The zero-order valence-electron chi connectivity index (χ0n) is 14.6. The lowest BCUT2D eigenvalue weighted by molar-refractivity contribution is -0.719. The van der Waals surface area contributed by atoms with Gasteiger partial charge in [0.25, 0.3) is 5.91 Å². The topological polar surface area (TPSA) is 74.8 Å². The standard InChI is InChI=1S/C19H21F2N3O2/c1-3-22-19(26)24-18(25)17(13-7-5-4-6-8-13)23-12(2)15-10-9-14(20)11-16(15)21/h4-12,17,23H,3H2,1-2H3,(H2,22,24,25,26)/p+1/t12-,17-/m1/s1. The highest BCUT2D eigenvalue weighted by Gasteiger charge is 2.29. The molecule has 2 atom stereocenters. The number of urea groups is 1. The zero-order valence-corrected chi connectivity index (χ0v) is 14.6. The Labute approximate surface area is 150 Å². The van der Waals surface area contributed by atoms with Crippen LogP contribution >= 0.6 is 0 Å². The first kappa shape index (κ1) is 19.5. The lowest BCUT2D eigenvalue weighted by Gasteiger charge is -2.20. The summed E-state index contributed by atoms with van der Waals surface area (Å²) in [5.41, 5.74) is 0.946. The van der Waals surface area contributed by atoms with Crippen LogP contribution in [0.5, 0.6) is 0 Å². The van der Waals surface area contributed by atoms with Gasteiger partial charge in [0.1, 0.15) is 17.7 Å². The van der Waals surface area contributed by atoms with Crippen molar-refractivity contribution in [2.75, 3.05) is 6.54 Å². The zero-order chi connectivity index (χ0) is 19.1. The third-order valence-electron chi connectivity index (χ3n) is 3.95. The summed E-state index contributed by atoms with van der Waals surface area (Å²) in [6.07, 6.45) is 0. The highest BCUT2D eigenvalue weighted by atomic mass is 19.1. The maximum absolute atomic E-state index is 14.0. The molecule has 0 bridgehead atoms. The number of carbonyl (C=O) groups excluding carboxylic acids is 2. The molecule has 0 aromatic heterocycles. The Morgan fingerprint density at radius 1 is 1.12 bits per heavy atom. The highest BCUT2D eigenvalue weighted by molar-refractivity contribution is 5.96. The monoisotopic (exact) mass is 362 g/mol. The molecule has 0 saturated carbocycles. The largest absolute Gasteiger partial charge is 0.338 e. The second-order valence-electron chi connectivity index (χ2n) is 5.88. The second kappa shape index (κ2) is 9.05. The van der Waals surface area contributed by atoms with E-state index in [1.807, 2.05) is 6.07 Å². The molecule has 4 N–H and O–H groups in total. The van der Waals surface area contributed by atoms with Gasteiger partial charge in [-0.3, -0.25) is 10.1 Å². The molecule has 3 amide bonds. The minimum atomic E-state index is -0.766. The predicted octanol–water partition coefficient (Wildman–Crippen LogP) is 2.18. The first-order valence-electron chi connectivity index (χ1n) is 8.36. The number of amides is 3. The van der Waals surface area contributed by atoms with E-state index in [-0.39, 0.29) is 5.56 Å². The number of benzene rings is 2. The van der Waals surface area contributed by atoms with Crippen molar-refractivity contribution < 1.29 is 23.7 Å². The van der Waals surface area contributed by atoms with Crippen molar-refractivity contribution in [3.8, 4) is 0 Å². The fourth-order valence-corrected chi connectivity index (χ4v) is 2.67. The smallest absolute Gasteiger partial charge is 0.321 e. The first-order valence-corrected chi connectivity index (χ1v) is 8.36. The molecule has 0 fully saturated rings. The number of quaternary nitrogens is 1. The first-order chi connectivity index (χ1) is 12.4. The SMILES string of the molecule is CCNC(=O)NC(=O)[C@H]([NH2+][C@H](C)c1ccc(F)cc1F)c1ccccc1. The van der Waals surface area contributed by atoms with E-state index in [0.29, 0.717) is 12.1 Å². The van der Waals surface area contributed by atoms with Gasteiger partial charge in [-0.25, -0.2) is 13.6 Å². The summed E-state index contributed by atoms with van der Waals surface area (Å²) in [4.78, 5) is 24.3. The van der Waals surface area contributed by atoms with Crippen molar-refractivity contribution in [2.24, 2.45) is 0 Å². The maximum atomic E-state index is 14.0. The fraction of sp³-hybridized carbons (Fsp3) is 0.263. The number of nitrogens with one attached hydrogen (secondary N) is 2. The van der Waals surface area contributed by atoms with E-state index in [1.165, 1.54) is 12.1 Å². The number of hydrogen-bond acceptors (Lipinski definition) is 2. The number of imide groups is 1. The van der Waals surface area contributed by atoms with Crippen molar-refractivity contribution in [1.29, 1.82) is 0 Å². The number of rotatable bonds is 6. The summed E-state index contributed by atoms with van der Waals surface area (Å²) >= 11 is 0. The van der Waals surface area contributed by atoms with Crippen LogP contribution in [0.15, 0.2) is 48.5 Å². The highest BCUT2D eigenvalue weighted by Crippen LogP contribution is 2.17. The van der Waals surface area contributed by atoms with Gasteiger partial charge in [-0.2, -0.15) is 0 Å². The molecule has 0 radical (unpaired) electrons. The molecule has 138 valence electrons. The normalized spacial score (nSPS) is 12.9. The minimum Gasteiger partial charge on any atom is -0.338 e. The van der Waals surface area contributed by atoms with Crippen molar-refractivity contribution in [3.05, 3.63) is 71.3 Å². The van der Waals surface area contributed by atoms with Crippen molar-refractivity contribution in [1.82, 2.24) is 10.6 Å². The number of carbonyl (C=O) groups is 2. The summed E-state index contributed by atoms with van der Waals surface area (Å²) in [5.74, 6) is -1.85. The average molecular weight is 362 g/mol. The Kier molecular flexibility index (Phi) is 6.80. The van der Waals surface area contributed by atoms with Gasteiger partial charge in [0.2, 0.25) is 0 Å². The molecule has 2 aromatic rings. The Hall–Kier alpha value is -2.80. The Balaban J connectivity index is 2.23. The molecule has 0 spiro atoms. The van der Waals surface area contributed by atoms with Crippen LogP contribution in [0.4, 0.5) is 13.6 Å². The van der Waals surface area contributed by atoms with Crippen LogP contribution in [-0.2, 0) is 4.79 Å². The van der Waals surface area contributed by atoms with E-state index < -0.39 is 35.7 Å². The Bertz CT molecular complexity index is 769. The van der Waals surface area contributed by atoms with Crippen LogP contribution in [0.3, 0.4) is 0 Å². The van der Waals surface area contributed by atoms with Crippen LogP contribution in [0.25, 0.3) is 0 Å². The van der Waals surface area contributed by atoms with Gasteiger partial charge in [0.05, 0.1) is 0 Å². The van der Waals surface area contributed by atoms with E-state index in [2.05, 4.69) is 10.6 Å². The molecular formula is C19H22F2N3O2+. The van der Waals surface area contributed by atoms with Crippen molar-refractivity contribution >= 4 is 11.9 Å². The third kappa shape index (κ3) is 5.10. The average Bonchev–Trinajstić information content (AvgIpc) is 2.60. The van der Waals surface area contributed by atoms with Gasteiger partial charge < -0.3 is 10.6 Å². The predicted molar refractivity (Wildman–Crippen MR) is 93.1 cm³/mol. The number of halogens is 2. The molecule has 0 aliphatic heterocycles. The number of nitrogens with two attached hydrogens (primary N) is 1. The Morgan fingerprint density at radius 3 is 2.42 bits per heavy atom. The van der Waals surface area contributed by atoms with Gasteiger partial charge in [0, 0.05) is 23.7 Å². The fourth-order valence-electron chi connectivity index (χ4n) is 2.67. The van der Waals surface area contributed by atoms with Gasteiger partial charge in [0.15, 0.2) is 6.04 Å². The van der Waals surface area contributed by atoms with E-state index in [4.69, 9.17) is 0 Å². The summed E-state index contributed by atoms with van der Waals surface area (Å²) in [5, 5.41) is 6.42. The quantitative estimate of drug-likeness (QED) is 0.737. The van der Waals surface area contributed by atoms with Crippen molar-refractivity contribution in [3.63, 3.8) is 0 Å². The molecule has 7 heteroatoms. The van der Waals surface area contributed by atoms with Gasteiger partial charge in [-0.05, 0) is 26.0 Å². The van der Waals surface area contributed by atoms with Gasteiger partial charge >= 0.3 is 6.03 Å². The van der Waals surface area contributed by atoms with Crippen LogP contribution in [-0.4, -0.2) is 18.5 Å². The number of hydrogen-bond donors (Lipinski definition) is 3. The lowest BCUT2D eigenvalue weighted by Crippen LogP contribution is -2.88. The molecule has 0 saturated heterocycles. The summed E-state index contributed by atoms with van der Waals surface area (Å²) in [6, 6.07) is 10.4. The molecule has 26 heavy (non-hydrogen) atoms. The molecule has 0 heterocycles. The molecule has 0 unspecified atom stereocenters. The van der Waals surface area contributed by atoms with Gasteiger partial charge in [-0.15, -0.1) is 0 Å². The lowest BCUT2D eigenvalue weighted by atomic mass is 10.0. The molecule has 2 aromatic carbocycles. The van der Waals surface area contributed by atoms with E-state index in [1.54, 1.807) is 43.4 Å². The Morgan fingerprint density at radius 2 is 1.81 bits per heavy atom. The molecule has 2 rings (SSSR count). The van der Waals surface area contributed by atoms with Crippen LogP contribution in [0.2, 0.25) is 0 Å². The summed E-state index contributed by atoms with van der Waals surface area (Å²) in [6.45, 7) is 3.84. The van der Waals surface area contributed by atoms with Crippen molar-refractivity contribution in [2.45, 2.75) is 25.9 Å². The van der Waals surface area contributed by atoms with Gasteiger partial charge in [-0.1, -0.05) is 30.3 Å². The van der Waals surface area contributed by atoms with E-state index >= 15 is 0 Å². The molecular weight excluding hydrogens is 340 g/mol. The van der Waals surface area contributed by atoms with Crippen LogP contribution < -0.4 is 16.0 Å². The third-order valence-corrected chi connectivity index (χ3v) is 3.95. The molecule has 0 aliphatic carbocycles.